The van der Waals surface area contributed by atoms with Gasteiger partial charge in [-0.1, -0.05) is 24.3 Å². The second-order valence-corrected chi connectivity index (χ2v) is 5.41. The fourth-order valence-corrected chi connectivity index (χ4v) is 3.18. The van der Waals surface area contributed by atoms with Crippen LogP contribution in [-0.2, 0) is 21.5 Å². The maximum Gasteiger partial charge on any atom is 0.325 e. The highest BCUT2D eigenvalue weighted by Crippen LogP contribution is 2.39. The number of hydrogen-bond acceptors (Lipinski definition) is 3. The Balaban J connectivity index is 1.99. The van der Waals surface area contributed by atoms with Crippen LogP contribution in [0.3, 0.4) is 0 Å². The van der Waals surface area contributed by atoms with E-state index in [0.717, 1.165) is 28.9 Å². The molecule has 1 heterocycles. The van der Waals surface area contributed by atoms with Gasteiger partial charge in [-0.15, -0.1) is 0 Å². The van der Waals surface area contributed by atoms with E-state index in [1.807, 2.05) is 24.3 Å². The van der Waals surface area contributed by atoms with Gasteiger partial charge in [-0.3, -0.25) is 14.5 Å². The molecule has 0 saturated carbocycles. The van der Waals surface area contributed by atoms with Crippen LogP contribution in [0.2, 0.25) is 0 Å². The van der Waals surface area contributed by atoms with Crippen LogP contribution in [0.1, 0.15) is 24.0 Å². The summed E-state index contributed by atoms with van der Waals surface area (Å²) < 4.78 is 0. The van der Waals surface area contributed by atoms with Gasteiger partial charge >= 0.3 is 6.03 Å². The third-order valence-corrected chi connectivity index (χ3v) is 4.23. The average Bonchev–Trinajstić information content (AvgIpc) is 2.73. The van der Waals surface area contributed by atoms with Gasteiger partial charge in [0.1, 0.15) is 12.1 Å². The van der Waals surface area contributed by atoms with Crippen LogP contribution >= 0.6 is 0 Å². The predicted molar refractivity (Wildman–Crippen MR) is 75.4 cm³/mol. The number of benzene rings is 1. The number of likely N-dealkylation sites (N-methyl/N-ethyl adjacent to an activating group) is 1. The monoisotopic (exact) mass is 287 g/mol. The van der Waals surface area contributed by atoms with Crippen LogP contribution in [0, 0.1) is 0 Å². The summed E-state index contributed by atoms with van der Waals surface area (Å²) >= 11 is 0. The first-order chi connectivity index (χ1) is 10.1. The summed E-state index contributed by atoms with van der Waals surface area (Å²) in [6.45, 7) is -0.245. The molecule has 3 rings (SSSR count). The van der Waals surface area contributed by atoms with Gasteiger partial charge < -0.3 is 10.6 Å². The zero-order valence-corrected chi connectivity index (χ0v) is 11.8. The van der Waals surface area contributed by atoms with Gasteiger partial charge in [-0.25, -0.2) is 4.79 Å². The number of fused-ring (bicyclic) bond motifs is 2. The molecule has 0 radical (unpaired) electrons. The minimum absolute atomic E-state index is 0.245. The molecule has 2 N–H and O–H groups in total. The smallest absolute Gasteiger partial charge is 0.325 e. The third-order valence-electron chi connectivity index (χ3n) is 4.23. The highest BCUT2D eigenvalue weighted by molar-refractivity contribution is 6.09. The van der Waals surface area contributed by atoms with E-state index in [2.05, 4.69) is 10.6 Å². The third kappa shape index (κ3) is 1.98. The number of nitrogens with zero attached hydrogens (tertiary/aromatic N) is 1. The summed E-state index contributed by atoms with van der Waals surface area (Å²) in [5, 5.41) is 5.24. The standard InChI is InChI=1S/C15H17N3O3/c1-16-12(19)9-18-13(20)15(17-14(18)21)8-4-6-10-5-2-3-7-11(10)15/h2-3,5,7H,4,6,8-9H2,1H3,(H,16,19)(H,17,21)/t15-/m1/s1. The van der Waals surface area contributed by atoms with Crippen molar-refractivity contribution in [2.24, 2.45) is 0 Å². The van der Waals surface area contributed by atoms with Crippen LogP contribution in [0.5, 0.6) is 0 Å². The Morgan fingerprint density at radius 1 is 1.38 bits per heavy atom. The van der Waals surface area contributed by atoms with Crippen molar-refractivity contribution in [3.8, 4) is 0 Å². The Morgan fingerprint density at radius 3 is 2.90 bits per heavy atom. The van der Waals surface area contributed by atoms with Crippen LogP contribution in [0.4, 0.5) is 4.79 Å². The molecule has 6 nitrogen and oxygen atoms in total. The van der Waals surface area contributed by atoms with Crippen LogP contribution in [0.15, 0.2) is 24.3 Å². The number of imide groups is 1. The number of amides is 4. The molecule has 1 aliphatic heterocycles. The molecule has 1 spiro atoms. The van der Waals surface area contributed by atoms with E-state index >= 15 is 0 Å². The van der Waals surface area contributed by atoms with Crippen molar-refractivity contribution in [3.63, 3.8) is 0 Å². The first-order valence-electron chi connectivity index (χ1n) is 7.01. The number of carbonyl (C=O) groups excluding carboxylic acids is 3. The lowest BCUT2D eigenvalue weighted by Gasteiger charge is -2.33. The molecule has 1 aromatic carbocycles. The molecular formula is C15H17N3O3. The largest absolute Gasteiger partial charge is 0.358 e. The van der Waals surface area contributed by atoms with Gasteiger partial charge in [0.2, 0.25) is 5.91 Å². The summed E-state index contributed by atoms with van der Waals surface area (Å²) in [6, 6.07) is 7.17. The molecule has 6 heteroatoms. The van der Waals surface area contributed by atoms with Gasteiger partial charge in [0.25, 0.3) is 5.91 Å². The lowest BCUT2D eigenvalue weighted by Crippen LogP contribution is -2.47. The molecule has 0 aromatic heterocycles. The molecule has 0 bridgehead atoms. The quantitative estimate of drug-likeness (QED) is 0.778. The van der Waals surface area contributed by atoms with Crippen molar-refractivity contribution in [1.29, 1.82) is 0 Å². The maximum atomic E-state index is 12.8. The summed E-state index contributed by atoms with van der Waals surface area (Å²) in [6.07, 6.45) is 2.30. The SMILES string of the molecule is CNC(=O)CN1C(=O)N[C@@]2(CCCc3ccccc32)C1=O. The number of nitrogens with one attached hydrogen (secondary N) is 2. The zero-order valence-electron chi connectivity index (χ0n) is 11.8. The van der Waals surface area contributed by atoms with Crippen LogP contribution in [0.25, 0.3) is 0 Å². The van der Waals surface area contributed by atoms with Crippen molar-refractivity contribution in [3.05, 3.63) is 35.4 Å². The van der Waals surface area contributed by atoms with E-state index in [1.54, 1.807) is 0 Å². The predicted octanol–water partition coefficient (Wildman–Crippen LogP) is 0.516. The van der Waals surface area contributed by atoms with Gasteiger partial charge in [-0.2, -0.15) is 0 Å². The highest BCUT2D eigenvalue weighted by atomic mass is 16.2. The molecule has 0 unspecified atom stereocenters. The Morgan fingerprint density at radius 2 is 2.14 bits per heavy atom. The lowest BCUT2D eigenvalue weighted by molar-refractivity contribution is -0.135. The molecule has 4 amide bonds. The minimum atomic E-state index is -1.00. The molecule has 1 saturated heterocycles. The molecule has 1 atom stereocenters. The van der Waals surface area contributed by atoms with E-state index in [4.69, 9.17) is 0 Å². The van der Waals surface area contributed by atoms with E-state index in [0.29, 0.717) is 6.42 Å². The molecule has 2 aliphatic rings. The highest BCUT2D eigenvalue weighted by Gasteiger charge is 2.54. The number of carbonyl (C=O) groups is 3. The number of urea groups is 1. The fourth-order valence-electron chi connectivity index (χ4n) is 3.18. The van der Waals surface area contributed by atoms with Crippen molar-refractivity contribution < 1.29 is 14.4 Å². The number of rotatable bonds is 2. The van der Waals surface area contributed by atoms with E-state index in [1.165, 1.54) is 7.05 Å². The number of hydrogen-bond donors (Lipinski definition) is 2. The fraction of sp³-hybridized carbons (Fsp3) is 0.400. The maximum absolute atomic E-state index is 12.8. The van der Waals surface area contributed by atoms with Crippen molar-refractivity contribution in [2.75, 3.05) is 13.6 Å². The second kappa shape index (κ2) is 4.87. The van der Waals surface area contributed by atoms with Crippen molar-refractivity contribution >= 4 is 17.8 Å². The average molecular weight is 287 g/mol. The normalized spacial score (nSPS) is 24.0. The van der Waals surface area contributed by atoms with Gasteiger partial charge in [0.05, 0.1) is 0 Å². The lowest BCUT2D eigenvalue weighted by atomic mass is 9.76. The first-order valence-corrected chi connectivity index (χ1v) is 7.01. The number of aryl methyl sites for hydroxylation is 1. The minimum Gasteiger partial charge on any atom is -0.358 e. The van der Waals surface area contributed by atoms with E-state index < -0.39 is 11.6 Å². The molecule has 1 aliphatic carbocycles. The molecule has 1 fully saturated rings. The Kier molecular flexibility index (Phi) is 3.16. The molecule has 110 valence electrons. The van der Waals surface area contributed by atoms with Crippen molar-refractivity contribution in [2.45, 2.75) is 24.8 Å². The Labute approximate surface area is 122 Å². The van der Waals surface area contributed by atoms with Gasteiger partial charge in [0, 0.05) is 7.05 Å². The van der Waals surface area contributed by atoms with Gasteiger partial charge in [0.15, 0.2) is 0 Å². The van der Waals surface area contributed by atoms with Gasteiger partial charge in [-0.05, 0) is 30.4 Å². The zero-order chi connectivity index (χ0) is 15.0. The summed E-state index contributed by atoms with van der Waals surface area (Å²) in [4.78, 5) is 37.4. The molecule has 1 aromatic rings. The Bertz CT molecular complexity index is 628. The molecular weight excluding hydrogens is 270 g/mol. The van der Waals surface area contributed by atoms with Crippen LogP contribution in [-0.4, -0.2) is 36.3 Å². The summed E-state index contributed by atoms with van der Waals surface area (Å²) in [7, 11) is 1.48. The topological polar surface area (TPSA) is 78.5 Å². The van der Waals surface area contributed by atoms with E-state index in [-0.39, 0.29) is 18.4 Å². The second-order valence-electron chi connectivity index (χ2n) is 5.41. The van der Waals surface area contributed by atoms with Crippen LogP contribution < -0.4 is 10.6 Å². The summed E-state index contributed by atoms with van der Waals surface area (Å²) in [5.74, 6) is -0.692. The summed E-state index contributed by atoms with van der Waals surface area (Å²) in [5.41, 5.74) is 0.938. The first kappa shape index (κ1) is 13.6. The molecule has 21 heavy (non-hydrogen) atoms. The van der Waals surface area contributed by atoms with Crippen molar-refractivity contribution in [1.82, 2.24) is 15.5 Å². The van der Waals surface area contributed by atoms with E-state index in [9.17, 15) is 14.4 Å². The Hall–Kier alpha value is -2.37.